The molecule has 2 N–H and O–H groups in total. The van der Waals surface area contributed by atoms with E-state index < -0.39 is 17.5 Å². The van der Waals surface area contributed by atoms with Crippen LogP contribution in [-0.2, 0) is 10.2 Å². The Balaban J connectivity index is 2.29. The van der Waals surface area contributed by atoms with Crippen LogP contribution in [0, 0.1) is 6.92 Å². The van der Waals surface area contributed by atoms with Crippen molar-refractivity contribution in [1.29, 1.82) is 0 Å². The summed E-state index contributed by atoms with van der Waals surface area (Å²) in [5, 5.41) is 18.4. The van der Waals surface area contributed by atoms with E-state index in [1.807, 2.05) is 19.1 Å². The second kappa shape index (κ2) is 3.07. The first-order valence-corrected chi connectivity index (χ1v) is 5.36. The molecule has 0 aliphatic heterocycles. The van der Waals surface area contributed by atoms with Gasteiger partial charge in [0.1, 0.15) is 0 Å². The number of aliphatic hydroxyl groups excluding tert-OH is 1. The molecule has 1 heterocycles. The molecular weight excluding hydrogens is 200 g/mol. The zero-order valence-electron chi connectivity index (χ0n) is 7.86. The van der Waals surface area contributed by atoms with Crippen molar-refractivity contribution in [1.82, 2.24) is 0 Å². The van der Waals surface area contributed by atoms with Crippen molar-refractivity contribution in [3.8, 4) is 0 Å². The summed E-state index contributed by atoms with van der Waals surface area (Å²) in [6, 6.07) is 3.90. The molecule has 0 saturated heterocycles. The van der Waals surface area contributed by atoms with E-state index >= 15 is 0 Å². The number of aryl methyl sites for hydroxylation is 1. The quantitative estimate of drug-likeness (QED) is 0.799. The van der Waals surface area contributed by atoms with Gasteiger partial charge in [-0.2, -0.15) is 0 Å². The zero-order chi connectivity index (χ0) is 10.3. The van der Waals surface area contributed by atoms with Crippen LogP contribution in [0.3, 0.4) is 0 Å². The maximum absolute atomic E-state index is 10.7. The van der Waals surface area contributed by atoms with Gasteiger partial charge in [0.25, 0.3) is 0 Å². The average molecular weight is 212 g/mol. The van der Waals surface area contributed by atoms with Crippen molar-refractivity contribution in [2.24, 2.45) is 0 Å². The Labute approximate surface area is 86.0 Å². The van der Waals surface area contributed by atoms with Gasteiger partial charge in [-0.3, -0.25) is 0 Å². The Kier molecular flexibility index (Phi) is 2.12. The monoisotopic (exact) mass is 212 g/mol. The minimum atomic E-state index is -1.25. The van der Waals surface area contributed by atoms with Gasteiger partial charge in [-0.05, 0) is 31.9 Å². The number of rotatable bonds is 3. The highest BCUT2D eigenvalue weighted by Crippen LogP contribution is 2.53. The number of thiophene rings is 1. The first kappa shape index (κ1) is 9.68. The summed E-state index contributed by atoms with van der Waals surface area (Å²) < 4.78 is 0. The van der Waals surface area contributed by atoms with Gasteiger partial charge in [0.2, 0.25) is 0 Å². The van der Waals surface area contributed by atoms with Gasteiger partial charge in [-0.15, -0.1) is 11.3 Å². The minimum Gasteiger partial charge on any atom is -0.479 e. The third kappa shape index (κ3) is 1.35. The van der Waals surface area contributed by atoms with E-state index in [9.17, 15) is 9.90 Å². The highest BCUT2D eigenvalue weighted by molar-refractivity contribution is 7.12. The molecule has 0 amide bonds. The summed E-state index contributed by atoms with van der Waals surface area (Å²) in [6.07, 6.45) is 0.307. The van der Waals surface area contributed by atoms with Gasteiger partial charge in [0.05, 0.1) is 0 Å². The molecule has 4 heteroatoms. The zero-order valence-corrected chi connectivity index (χ0v) is 8.67. The summed E-state index contributed by atoms with van der Waals surface area (Å²) in [5.41, 5.74) is -0.481. The minimum absolute atomic E-state index is 0.481. The van der Waals surface area contributed by atoms with Crippen LogP contribution in [0.4, 0.5) is 0 Å². The molecule has 1 aromatic rings. The predicted molar refractivity (Wildman–Crippen MR) is 53.6 cm³/mol. The van der Waals surface area contributed by atoms with E-state index in [-0.39, 0.29) is 0 Å². The number of hydrogen-bond donors (Lipinski definition) is 2. The molecule has 2 rings (SSSR count). The third-order valence-corrected chi connectivity index (χ3v) is 4.00. The smallest absolute Gasteiger partial charge is 0.333 e. The van der Waals surface area contributed by atoms with Gasteiger partial charge in [0, 0.05) is 15.2 Å². The number of carbonyl (C=O) groups is 1. The molecule has 1 aliphatic carbocycles. The maximum Gasteiger partial charge on any atom is 0.333 e. The predicted octanol–water partition coefficient (Wildman–Crippen LogP) is 1.53. The Morgan fingerprint density at radius 2 is 2.21 bits per heavy atom. The molecule has 3 nitrogen and oxygen atoms in total. The fraction of sp³-hybridized carbons (Fsp3) is 0.500. The molecule has 1 fully saturated rings. The number of carboxylic acid groups (broad SMARTS) is 1. The second-order valence-electron chi connectivity index (χ2n) is 3.81. The van der Waals surface area contributed by atoms with Crippen LogP contribution in [0.5, 0.6) is 0 Å². The molecule has 1 aliphatic rings. The summed E-state index contributed by atoms with van der Waals surface area (Å²) >= 11 is 1.58. The fourth-order valence-corrected chi connectivity index (χ4v) is 2.87. The Morgan fingerprint density at radius 3 is 2.57 bits per heavy atom. The van der Waals surface area contributed by atoms with Crippen molar-refractivity contribution in [3.05, 3.63) is 21.9 Å². The molecule has 0 radical (unpaired) electrons. The summed E-state index contributed by atoms with van der Waals surface area (Å²) in [7, 11) is 0. The molecule has 0 spiro atoms. The lowest BCUT2D eigenvalue weighted by molar-refractivity contribution is -0.148. The summed E-state index contributed by atoms with van der Waals surface area (Å²) in [5.74, 6) is -1.12. The number of aliphatic carboxylic acids is 1. The Morgan fingerprint density at radius 1 is 1.57 bits per heavy atom. The van der Waals surface area contributed by atoms with Crippen LogP contribution >= 0.6 is 11.3 Å². The molecule has 1 atom stereocenters. The van der Waals surface area contributed by atoms with Gasteiger partial charge in [-0.1, -0.05) is 0 Å². The van der Waals surface area contributed by atoms with Crippen molar-refractivity contribution < 1.29 is 15.0 Å². The molecule has 1 aromatic heterocycles. The second-order valence-corrected chi connectivity index (χ2v) is 5.10. The number of carboxylic acids is 1. The number of aliphatic hydroxyl groups is 1. The van der Waals surface area contributed by atoms with E-state index in [0.717, 1.165) is 22.6 Å². The van der Waals surface area contributed by atoms with Crippen molar-refractivity contribution in [2.75, 3.05) is 0 Å². The van der Waals surface area contributed by atoms with Gasteiger partial charge in [-0.25, -0.2) is 4.79 Å². The lowest BCUT2D eigenvalue weighted by atomic mass is 9.97. The molecule has 76 valence electrons. The highest BCUT2D eigenvalue weighted by Gasteiger charge is 2.54. The van der Waals surface area contributed by atoms with E-state index in [2.05, 4.69) is 0 Å². The van der Waals surface area contributed by atoms with E-state index in [1.165, 1.54) is 0 Å². The number of hydrogen-bond acceptors (Lipinski definition) is 3. The van der Waals surface area contributed by atoms with Gasteiger partial charge >= 0.3 is 5.97 Å². The van der Waals surface area contributed by atoms with Crippen LogP contribution in [0.1, 0.15) is 22.6 Å². The Hall–Kier alpha value is -0.870. The summed E-state index contributed by atoms with van der Waals surface area (Å²) in [6.45, 7) is 1.98. The van der Waals surface area contributed by atoms with Crippen LogP contribution in [0.25, 0.3) is 0 Å². The molecule has 14 heavy (non-hydrogen) atoms. The lowest BCUT2D eigenvalue weighted by Crippen LogP contribution is -2.33. The SMILES string of the molecule is Cc1ccc(C2(C(O)C(=O)O)CC2)s1. The van der Waals surface area contributed by atoms with Crippen molar-refractivity contribution in [2.45, 2.75) is 31.3 Å². The summed E-state index contributed by atoms with van der Waals surface area (Å²) in [4.78, 5) is 12.9. The average Bonchev–Trinajstić information content (AvgIpc) is 2.83. The third-order valence-electron chi connectivity index (χ3n) is 2.78. The van der Waals surface area contributed by atoms with Crippen LogP contribution in [0.2, 0.25) is 0 Å². The Bertz CT molecular complexity index is 365. The molecular formula is C10H12O3S. The molecule has 1 saturated carbocycles. The fourth-order valence-electron chi connectivity index (χ4n) is 1.73. The van der Waals surface area contributed by atoms with Crippen LogP contribution in [0.15, 0.2) is 12.1 Å². The van der Waals surface area contributed by atoms with Gasteiger partial charge in [0.15, 0.2) is 6.10 Å². The van der Waals surface area contributed by atoms with E-state index in [0.29, 0.717) is 0 Å². The lowest BCUT2D eigenvalue weighted by Gasteiger charge is -2.16. The largest absolute Gasteiger partial charge is 0.479 e. The molecule has 0 aromatic carbocycles. The maximum atomic E-state index is 10.7. The first-order valence-electron chi connectivity index (χ1n) is 4.54. The molecule has 0 bridgehead atoms. The van der Waals surface area contributed by atoms with Crippen LogP contribution < -0.4 is 0 Å². The standard InChI is InChI=1S/C10H12O3S/c1-6-2-3-7(14-6)10(4-5-10)8(11)9(12)13/h2-3,8,11H,4-5H2,1H3,(H,12,13). The highest BCUT2D eigenvalue weighted by atomic mass is 32.1. The van der Waals surface area contributed by atoms with Crippen LogP contribution in [-0.4, -0.2) is 22.3 Å². The normalized spacial score (nSPS) is 20.4. The van der Waals surface area contributed by atoms with E-state index in [4.69, 9.17) is 5.11 Å². The first-order chi connectivity index (χ1) is 6.56. The topological polar surface area (TPSA) is 57.5 Å². The van der Waals surface area contributed by atoms with Gasteiger partial charge < -0.3 is 10.2 Å². The van der Waals surface area contributed by atoms with E-state index in [1.54, 1.807) is 11.3 Å². The van der Waals surface area contributed by atoms with Crippen molar-refractivity contribution in [3.63, 3.8) is 0 Å². The molecule has 1 unspecified atom stereocenters. The van der Waals surface area contributed by atoms with Crippen molar-refractivity contribution >= 4 is 17.3 Å².